The Morgan fingerprint density at radius 3 is 1.86 bits per heavy atom. The molecule has 0 radical (unpaired) electrons. The first-order chi connectivity index (χ1) is 18.1. The van der Waals surface area contributed by atoms with Gasteiger partial charge in [-0.15, -0.1) is 0 Å². The Labute approximate surface area is 218 Å². The number of nitro benzene ring substituents is 1. The van der Waals surface area contributed by atoms with Crippen LogP contribution in [0.4, 0.5) is 5.69 Å². The van der Waals surface area contributed by atoms with Crippen LogP contribution in [0.25, 0.3) is 54.9 Å². The maximum atomic E-state index is 11.9. The predicted octanol–water partition coefficient (Wildman–Crippen LogP) is 9.46. The summed E-state index contributed by atoms with van der Waals surface area (Å²) in [6.45, 7) is 0. The Kier molecular flexibility index (Phi) is 4.88. The minimum Gasteiger partial charge on any atom is -0.258 e. The van der Waals surface area contributed by atoms with E-state index in [0.717, 1.165) is 23.1 Å². The standard InChI is InChI=1S/C33H20ClNO2/c34-30-17-8-18-31(35(36)37)33(30)26-14-6-4-11-22(26)23-15-7-16-27-28(23)19-29-24-12-2-1-9-20(24)21-10-3-5-13-25(21)32(27)29/h1-18H,19H2. The van der Waals surface area contributed by atoms with Crippen LogP contribution >= 0.6 is 11.6 Å². The highest BCUT2D eigenvalue weighted by molar-refractivity contribution is 6.34. The Morgan fingerprint density at radius 2 is 1.11 bits per heavy atom. The third-order valence-electron chi connectivity index (χ3n) is 7.51. The van der Waals surface area contributed by atoms with Crippen LogP contribution in [0.2, 0.25) is 5.02 Å². The smallest absolute Gasteiger partial charge is 0.258 e. The lowest BCUT2D eigenvalue weighted by molar-refractivity contribution is -0.384. The van der Waals surface area contributed by atoms with Crippen molar-refractivity contribution in [1.29, 1.82) is 0 Å². The Hall–Kier alpha value is -4.47. The quantitative estimate of drug-likeness (QED) is 0.138. The second-order valence-electron chi connectivity index (χ2n) is 9.39. The molecule has 0 aliphatic heterocycles. The third kappa shape index (κ3) is 3.21. The van der Waals surface area contributed by atoms with E-state index >= 15 is 0 Å². The molecule has 3 nitrogen and oxygen atoms in total. The molecule has 7 rings (SSSR count). The van der Waals surface area contributed by atoms with Crippen molar-refractivity contribution in [3.05, 3.63) is 135 Å². The second-order valence-corrected chi connectivity index (χ2v) is 9.80. The number of halogens is 1. The van der Waals surface area contributed by atoms with Crippen LogP contribution in [0, 0.1) is 10.1 Å². The molecule has 0 fully saturated rings. The molecule has 0 heterocycles. The highest BCUT2D eigenvalue weighted by atomic mass is 35.5. The summed E-state index contributed by atoms with van der Waals surface area (Å²) in [4.78, 5) is 11.6. The van der Waals surface area contributed by atoms with Gasteiger partial charge in [0.1, 0.15) is 0 Å². The highest BCUT2D eigenvalue weighted by Gasteiger charge is 2.28. The summed E-state index contributed by atoms with van der Waals surface area (Å²) in [7, 11) is 0. The van der Waals surface area contributed by atoms with Crippen LogP contribution in [0.5, 0.6) is 0 Å². The van der Waals surface area contributed by atoms with Crippen molar-refractivity contribution >= 4 is 38.8 Å². The van der Waals surface area contributed by atoms with E-state index in [1.54, 1.807) is 12.1 Å². The van der Waals surface area contributed by atoms with Crippen molar-refractivity contribution < 1.29 is 4.92 Å². The van der Waals surface area contributed by atoms with Crippen LogP contribution in [-0.2, 0) is 6.42 Å². The summed E-state index contributed by atoms with van der Waals surface area (Å²) >= 11 is 6.58. The number of hydrogen-bond acceptors (Lipinski definition) is 2. The van der Waals surface area contributed by atoms with Crippen molar-refractivity contribution in [2.75, 3.05) is 0 Å². The molecule has 0 unspecified atom stereocenters. The largest absolute Gasteiger partial charge is 0.278 e. The van der Waals surface area contributed by atoms with E-state index in [9.17, 15) is 10.1 Å². The molecule has 176 valence electrons. The van der Waals surface area contributed by atoms with Gasteiger partial charge in [0.15, 0.2) is 0 Å². The summed E-state index contributed by atoms with van der Waals surface area (Å²) in [6.07, 6.45) is 0.797. The van der Waals surface area contributed by atoms with Gasteiger partial charge in [0.2, 0.25) is 0 Å². The van der Waals surface area contributed by atoms with E-state index in [1.807, 2.05) is 24.3 Å². The lowest BCUT2D eigenvalue weighted by Gasteiger charge is -2.15. The predicted molar refractivity (Wildman–Crippen MR) is 152 cm³/mol. The first-order valence-corrected chi connectivity index (χ1v) is 12.6. The molecule has 6 aromatic rings. The average molecular weight is 498 g/mol. The Balaban J connectivity index is 1.52. The van der Waals surface area contributed by atoms with Gasteiger partial charge in [-0.25, -0.2) is 0 Å². The fraction of sp³-hybridized carbons (Fsp3) is 0.0303. The first kappa shape index (κ1) is 21.8. The average Bonchev–Trinajstić information content (AvgIpc) is 3.33. The van der Waals surface area contributed by atoms with Crippen LogP contribution in [0.15, 0.2) is 109 Å². The van der Waals surface area contributed by atoms with Crippen LogP contribution < -0.4 is 0 Å². The van der Waals surface area contributed by atoms with Crippen molar-refractivity contribution in [1.82, 2.24) is 0 Å². The molecule has 0 bridgehead atoms. The van der Waals surface area contributed by atoms with E-state index in [2.05, 4.69) is 66.7 Å². The van der Waals surface area contributed by atoms with Gasteiger partial charge in [0.25, 0.3) is 5.69 Å². The maximum absolute atomic E-state index is 11.9. The molecular formula is C33H20ClNO2. The fourth-order valence-electron chi connectivity index (χ4n) is 6.01. The molecular weight excluding hydrogens is 478 g/mol. The minimum atomic E-state index is -0.360. The molecule has 37 heavy (non-hydrogen) atoms. The zero-order valence-electron chi connectivity index (χ0n) is 19.7. The molecule has 1 aliphatic carbocycles. The monoisotopic (exact) mass is 497 g/mol. The minimum absolute atomic E-state index is 0.00722. The molecule has 0 aromatic heterocycles. The van der Waals surface area contributed by atoms with Crippen LogP contribution in [-0.4, -0.2) is 4.92 Å². The van der Waals surface area contributed by atoms with E-state index < -0.39 is 0 Å². The van der Waals surface area contributed by atoms with Crippen LogP contribution in [0.3, 0.4) is 0 Å². The van der Waals surface area contributed by atoms with Gasteiger partial charge in [0, 0.05) is 6.07 Å². The number of fused-ring (bicyclic) bond motifs is 8. The first-order valence-electron chi connectivity index (χ1n) is 12.2. The van der Waals surface area contributed by atoms with Gasteiger partial charge in [-0.3, -0.25) is 10.1 Å². The fourth-order valence-corrected chi connectivity index (χ4v) is 6.29. The van der Waals surface area contributed by atoms with Crippen molar-refractivity contribution in [2.24, 2.45) is 0 Å². The molecule has 0 amide bonds. The molecule has 0 spiro atoms. The van der Waals surface area contributed by atoms with E-state index in [0.29, 0.717) is 10.6 Å². The normalized spacial score (nSPS) is 12.0. The van der Waals surface area contributed by atoms with E-state index in [-0.39, 0.29) is 10.6 Å². The number of nitrogens with zero attached hydrogens (tertiary/aromatic N) is 1. The topological polar surface area (TPSA) is 43.1 Å². The summed E-state index contributed by atoms with van der Waals surface area (Å²) in [5.74, 6) is 0. The number of hydrogen-bond donors (Lipinski definition) is 0. The van der Waals surface area contributed by atoms with Gasteiger partial charge < -0.3 is 0 Å². The molecule has 0 N–H and O–H groups in total. The number of nitro groups is 1. The van der Waals surface area contributed by atoms with Crippen molar-refractivity contribution in [3.63, 3.8) is 0 Å². The summed E-state index contributed by atoms with van der Waals surface area (Å²) in [5, 5.41) is 17.3. The lowest BCUT2D eigenvalue weighted by Crippen LogP contribution is -1.96. The molecule has 6 aromatic carbocycles. The summed E-state index contributed by atoms with van der Waals surface area (Å²) in [6, 6.07) is 36.3. The Morgan fingerprint density at radius 1 is 0.541 bits per heavy atom. The summed E-state index contributed by atoms with van der Waals surface area (Å²) in [5.41, 5.74) is 8.31. The van der Waals surface area contributed by atoms with Gasteiger partial charge in [-0.05, 0) is 73.0 Å². The number of rotatable bonds is 3. The van der Waals surface area contributed by atoms with Gasteiger partial charge >= 0.3 is 0 Å². The lowest BCUT2D eigenvalue weighted by atomic mass is 9.89. The van der Waals surface area contributed by atoms with Gasteiger partial charge in [-0.1, -0.05) is 109 Å². The molecule has 0 saturated heterocycles. The molecule has 4 heteroatoms. The van der Waals surface area contributed by atoms with E-state index in [1.165, 1.54) is 49.9 Å². The Bertz CT molecular complexity index is 1910. The second kappa shape index (κ2) is 8.29. The van der Waals surface area contributed by atoms with E-state index in [4.69, 9.17) is 11.6 Å². The SMILES string of the molecule is O=[N+]([O-])c1cccc(Cl)c1-c1ccccc1-c1cccc2c1Cc1c-2c2ccccc2c2ccccc12. The molecule has 1 aliphatic rings. The van der Waals surface area contributed by atoms with Gasteiger partial charge in [-0.2, -0.15) is 0 Å². The van der Waals surface area contributed by atoms with Crippen molar-refractivity contribution in [2.45, 2.75) is 6.42 Å². The molecule has 0 atom stereocenters. The highest BCUT2D eigenvalue weighted by Crippen LogP contribution is 2.50. The maximum Gasteiger partial charge on any atom is 0.278 e. The zero-order valence-corrected chi connectivity index (χ0v) is 20.5. The van der Waals surface area contributed by atoms with Crippen molar-refractivity contribution in [3.8, 4) is 33.4 Å². The molecule has 0 saturated carbocycles. The van der Waals surface area contributed by atoms with Gasteiger partial charge in [0.05, 0.1) is 15.5 Å². The zero-order chi connectivity index (χ0) is 25.1. The number of benzene rings is 6. The third-order valence-corrected chi connectivity index (χ3v) is 7.83. The van der Waals surface area contributed by atoms with Crippen LogP contribution in [0.1, 0.15) is 11.1 Å². The summed E-state index contributed by atoms with van der Waals surface area (Å²) < 4.78 is 0.